The van der Waals surface area contributed by atoms with E-state index in [0.717, 1.165) is 6.42 Å². The quantitative estimate of drug-likeness (QED) is 0.630. The van der Waals surface area contributed by atoms with Crippen LogP contribution in [0.4, 0.5) is 0 Å². The van der Waals surface area contributed by atoms with Crippen molar-refractivity contribution in [1.29, 1.82) is 0 Å². The lowest BCUT2D eigenvalue weighted by Gasteiger charge is -2.34. The predicted molar refractivity (Wildman–Crippen MR) is 64.9 cm³/mol. The summed E-state index contributed by atoms with van der Waals surface area (Å²) in [7, 11) is 0. The minimum Gasteiger partial charge on any atom is -0.299 e. The van der Waals surface area contributed by atoms with E-state index in [1.807, 2.05) is 0 Å². The number of unbranched alkanes of at least 4 members (excludes halogenated alkanes) is 1. The number of hydrogen-bond donors (Lipinski definition) is 0. The van der Waals surface area contributed by atoms with Crippen LogP contribution in [-0.4, -0.2) is 5.78 Å². The summed E-state index contributed by atoms with van der Waals surface area (Å²) in [6.07, 6.45) is 7.16. The maximum Gasteiger partial charge on any atom is 0.139 e. The van der Waals surface area contributed by atoms with Crippen molar-refractivity contribution in [3.05, 3.63) is 11.1 Å². The number of Topliss-reactive ketones (excluding diaryl/α,β-unsaturated/α-hetero) is 1. The lowest BCUT2D eigenvalue weighted by Crippen LogP contribution is -2.30. The number of rotatable bonds is 4. The molecular formula is C14H24O. The first-order chi connectivity index (χ1) is 7.02. The van der Waals surface area contributed by atoms with E-state index in [0.29, 0.717) is 5.78 Å². The van der Waals surface area contributed by atoms with E-state index in [4.69, 9.17) is 0 Å². The molecule has 86 valence electrons. The molecule has 1 heteroatoms. The van der Waals surface area contributed by atoms with Crippen molar-refractivity contribution in [3.8, 4) is 0 Å². The zero-order valence-corrected chi connectivity index (χ0v) is 10.7. The summed E-state index contributed by atoms with van der Waals surface area (Å²) in [4.78, 5) is 11.7. The Bertz CT molecular complexity index is 275. The molecule has 0 aliphatic heterocycles. The average Bonchev–Trinajstić information content (AvgIpc) is 2.20. The second kappa shape index (κ2) is 4.96. The summed E-state index contributed by atoms with van der Waals surface area (Å²) in [6.45, 7) is 8.26. The van der Waals surface area contributed by atoms with Gasteiger partial charge in [-0.2, -0.15) is 0 Å². The van der Waals surface area contributed by atoms with Crippen LogP contribution in [0.3, 0.4) is 0 Å². The first-order valence-corrected chi connectivity index (χ1v) is 6.22. The molecule has 0 aromatic rings. The van der Waals surface area contributed by atoms with E-state index in [9.17, 15) is 4.79 Å². The third-order valence-corrected chi connectivity index (χ3v) is 4.12. The molecule has 0 radical (unpaired) electrons. The lowest BCUT2D eigenvalue weighted by molar-refractivity contribution is -0.124. The Kier molecular flexibility index (Phi) is 4.12. The Morgan fingerprint density at radius 1 is 1.47 bits per heavy atom. The van der Waals surface area contributed by atoms with Crippen molar-refractivity contribution in [2.75, 3.05) is 0 Å². The molecule has 0 saturated heterocycles. The fraction of sp³-hybridized carbons (Fsp3) is 0.786. The maximum atomic E-state index is 11.7. The van der Waals surface area contributed by atoms with E-state index in [-0.39, 0.29) is 5.41 Å². The van der Waals surface area contributed by atoms with Gasteiger partial charge in [0.1, 0.15) is 5.78 Å². The molecule has 1 rings (SSSR count). The van der Waals surface area contributed by atoms with Gasteiger partial charge in [-0.3, -0.25) is 4.79 Å². The average molecular weight is 208 g/mol. The standard InChI is InChI=1S/C14H24O/c1-5-6-8-13-9-7-10-14(4,11(13)2)12(3)15/h5-10H2,1-4H3. The number of carbonyl (C=O) groups is 1. The second-order valence-corrected chi connectivity index (χ2v) is 5.07. The van der Waals surface area contributed by atoms with E-state index >= 15 is 0 Å². The summed E-state index contributed by atoms with van der Waals surface area (Å²) in [5.41, 5.74) is 2.77. The first-order valence-electron chi connectivity index (χ1n) is 6.22. The molecule has 0 bridgehead atoms. The van der Waals surface area contributed by atoms with Crippen LogP contribution >= 0.6 is 0 Å². The van der Waals surface area contributed by atoms with Gasteiger partial charge in [0.2, 0.25) is 0 Å². The molecule has 1 atom stereocenters. The maximum absolute atomic E-state index is 11.7. The van der Waals surface area contributed by atoms with Crippen molar-refractivity contribution in [1.82, 2.24) is 0 Å². The third kappa shape index (κ3) is 2.50. The minimum atomic E-state index is -0.151. The van der Waals surface area contributed by atoms with Gasteiger partial charge in [0.25, 0.3) is 0 Å². The molecule has 1 unspecified atom stereocenters. The molecule has 1 nitrogen and oxygen atoms in total. The van der Waals surface area contributed by atoms with Crippen molar-refractivity contribution in [2.24, 2.45) is 5.41 Å². The van der Waals surface area contributed by atoms with Gasteiger partial charge in [-0.05, 0) is 52.9 Å². The molecular weight excluding hydrogens is 184 g/mol. The predicted octanol–water partition coefficient (Wildman–Crippen LogP) is 4.27. The largest absolute Gasteiger partial charge is 0.299 e. The van der Waals surface area contributed by atoms with E-state index < -0.39 is 0 Å². The van der Waals surface area contributed by atoms with Crippen LogP contribution < -0.4 is 0 Å². The van der Waals surface area contributed by atoms with E-state index in [2.05, 4.69) is 20.8 Å². The molecule has 15 heavy (non-hydrogen) atoms. The monoisotopic (exact) mass is 208 g/mol. The highest BCUT2D eigenvalue weighted by molar-refractivity contribution is 5.85. The molecule has 0 saturated carbocycles. The highest BCUT2D eigenvalue weighted by Crippen LogP contribution is 2.42. The number of hydrogen-bond acceptors (Lipinski definition) is 1. The van der Waals surface area contributed by atoms with Gasteiger partial charge in [-0.1, -0.05) is 24.5 Å². The summed E-state index contributed by atoms with van der Waals surface area (Å²) < 4.78 is 0. The van der Waals surface area contributed by atoms with Gasteiger partial charge in [-0.15, -0.1) is 0 Å². The topological polar surface area (TPSA) is 17.1 Å². The smallest absolute Gasteiger partial charge is 0.139 e. The first kappa shape index (κ1) is 12.5. The molecule has 0 heterocycles. The van der Waals surface area contributed by atoms with E-state index in [1.165, 1.54) is 37.7 Å². The highest BCUT2D eigenvalue weighted by atomic mass is 16.1. The van der Waals surface area contributed by atoms with E-state index in [1.54, 1.807) is 12.5 Å². The molecule has 0 amide bonds. The zero-order valence-electron chi connectivity index (χ0n) is 10.7. The number of ketones is 1. The Balaban J connectivity index is 2.89. The van der Waals surface area contributed by atoms with Crippen LogP contribution in [0.1, 0.15) is 66.2 Å². The van der Waals surface area contributed by atoms with Gasteiger partial charge < -0.3 is 0 Å². The van der Waals surface area contributed by atoms with Gasteiger partial charge in [0, 0.05) is 5.41 Å². The van der Waals surface area contributed by atoms with Crippen LogP contribution in [0, 0.1) is 5.41 Å². The van der Waals surface area contributed by atoms with Gasteiger partial charge in [0.05, 0.1) is 0 Å². The molecule has 0 aromatic heterocycles. The summed E-state index contributed by atoms with van der Waals surface area (Å²) in [5.74, 6) is 0.341. The Morgan fingerprint density at radius 2 is 2.13 bits per heavy atom. The summed E-state index contributed by atoms with van der Waals surface area (Å²) in [5, 5.41) is 0. The Labute approximate surface area is 93.9 Å². The fourth-order valence-corrected chi connectivity index (χ4v) is 2.56. The second-order valence-electron chi connectivity index (χ2n) is 5.07. The van der Waals surface area contributed by atoms with Gasteiger partial charge in [0.15, 0.2) is 0 Å². The molecule has 0 spiro atoms. The Hall–Kier alpha value is -0.590. The van der Waals surface area contributed by atoms with Crippen molar-refractivity contribution < 1.29 is 4.79 Å². The number of allylic oxidation sites excluding steroid dienone is 2. The van der Waals surface area contributed by atoms with Crippen LogP contribution in [0.5, 0.6) is 0 Å². The molecule has 1 aliphatic rings. The van der Waals surface area contributed by atoms with Crippen LogP contribution in [0.15, 0.2) is 11.1 Å². The number of carbonyl (C=O) groups excluding carboxylic acids is 1. The van der Waals surface area contributed by atoms with Crippen LogP contribution in [-0.2, 0) is 4.79 Å². The SMILES string of the molecule is CCCCC1=C(C)C(C)(C(C)=O)CCC1. The third-order valence-electron chi connectivity index (χ3n) is 4.12. The molecule has 0 N–H and O–H groups in total. The normalized spacial score (nSPS) is 26.9. The lowest BCUT2D eigenvalue weighted by atomic mass is 9.69. The van der Waals surface area contributed by atoms with Crippen LogP contribution in [0.2, 0.25) is 0 Å². The highest BCUT2D eigenvalue weighted by Gasteiger charge is 2.35. The fourth-order valence-electron chi connectivity index (χ4n) is 2.56. The van der Waals surface area contributed by atoms with Gasteiger partial charge in [-0.25, -0.2) is 0 Å². The molecule has 0 aromatic carbocycles. The molecule has 1 aliphatic carbocycles. The minimum absolute atomic E-state index is 0.151. The van der Waals surface area contributed by atoms with Crippen LogP contribution in [0.25, 0.3) is 0 Å². The van der Waals surface area contributed by atoms with Crippen molar-refractivity contribution >= 4 is 5.78 Å². The zero-order chi connectivity index (χ0) is 11.5. The van der Waals surface area contributed by atoms with Gasteiger partial charge >= 0.3 is 0 Å². The summed E-state index contributed by atoms with van der Waals surface area (Å²) in [6, 6.07) is 0. The van der Waals surface area contributed by atoms with Crippen molar-refractivity contribution in [2.45, 2.75) is 66.2 Å². The molecule has 0 fully saturated rings. The Morgan fingerprint density at radius 3 is 2.67 bits per heavy atom. The van der Waals surface area contributed by atoms with Crippen molar-refractivity contribution in [3.63, 3.8) is 0 Å². The summed E-state index contributed by atoms with van der Waals surface area (Å²) >= 11 is 0.